The summed E-state index contributed by atoms with van der Waals surface area (Å²) in [5, 5.41) is 12.0. The van der Waals surface area contributed by atoms with Crippen molar-refractivity contribution in [2.24, 2.45) is 15.6 Å². The molecule has 2 fully saturated rings. The Morgan fingerprint density at radius 1 is 0.953 bits per heavy atom. The quantitative estimate of drug-likeness (QED) is 0.248. The molecule has 1 aromatic heterocycles. The zero-order valence-electron chi connectivity index (χ0n) is 26.4. The van der Waals surface area contributed by atoms with Gasteiger partial charge in [0.1, 0.15) is 11.9 Å². The summed E-state index contributed by atoms with van der Waals surface area (Å²) in [5.41, 5.74) is 2.29. The van der Waals surface area contributed by atoms with Crippen LogP contribution in [0.5, 0.6) is 0 Å². The van der Waals surface area contributed by atoms with Crippen molar-refractivity contribution in [1.29, 1.82) is 0 Å². The molecule has 4 atom stereocenters. The lowest BCUT2D eigenvalue weighted by molar-refractivity contribution is -0.142. The van der Waals surface area contributed by atoms with Crippen molar-refractivity contribution >= 4 is 23.3 Å². The number of ketones is 1. The lowest BCUT2D eigenvalue weighted by Crippen LogP contribution is -2.50. The first kappa shape index (κ1) is 31.0. The van der Waals surface area contributed by atoms with Gasteiger partial charge in [-0.15, -0.1) is 0 Å². The Hall–Kier alpha value is -3.49. The van der Waals surface area contributed by atoms with Crippen molar-refractivity contribution in [3.63, 3.8) is 0 Å². The van der Waals surface area contributed by atoms with Crippen LogP contribution in [-0.4, -0.2) is 51.1 Å². The van der Waals surface area contributed by atoms with E-state index >= 15 is 0 Å². The number of Topliss-reactive ketones (excluding diaryl/α,β-unsaturated/α-hetero) is 1. The predicted molar refractivity (Wildman–Crippen MR) is 166 cm³/mol. The highest BCUT2D eigenvalue weighted by atomic mass is 16.2. The monoisotopic (exact) mass is 586 g/mol. The van der Waals surface area contributed by atoms with Gasteiger partial charge in [-0.05, 0) is 68.7 Å². The summed E-state index contributed by atoms with van der Waals surface area (Å²) in [6.07, 6.45) is 14.5. The largest absolute Gasteiger partial charge is 0.354 e. The Labute approximate surface area is 255 Å². The van der Waals surface area contributed by atoms with Crippen LogP contribution in [0.15, 0.2) is 34.8 Å². The van der Waals surface area contributed by atoms with E-state index in [2.05, 4.69) is 39.4 Å². The van der Waals surface area contributed by atoms with Gasteiger partial charge in [0.2, 0.25) is 11.8 Å². The highest BCUT2D eigenvalue weighted by Crippen LogP contribution is 2.60. The molecule has 43 heavy (non-hydrogen) atoms. The van der Waals surface area contributed by atoms with Crippen LogP contribution in [0.1, 0.15) is 108 Å². The molecular weight excluding hydrogens is 540 g/mol. The number of piperidine rings is 1. The van der Waals surface area contributed by atoms with Crippen LogP contribution in [0.25, 0.3) is 11.1 Å². The number of nitrogens with zero attached hydrogens (tertiary/aromatic N) is 5. The van der Waals surface area contributed by atoms with Gasteiger partial charge in [-0.1, -0.05) is 58.8 Å². The number of rotatable bonds is 14. The van der Waals surface area contributed by atoms with E-state index in [0.717, 1.165) is 36.0 Å². The second-order valence-electron chi connectivity index (χ2n) is 13.2. The maximum absolute atomic E-state index is 14.1. The molecular formula is C34H46N6O3. The van der Waals surface area contributed by atoms with Gasteiger partial charge in [-0.3, -0.25) is 14.4 Å². The fourth-order valence-corrected chi connectivity index (χ4v) is 6.90. The molecule has 1 unspecified atom stereocenters. The zero-order chi connectivity index (χ0) is 30.8. The lowest BCUT2D eigenvalue weighted by Gasteiger charge is -2.30. The molecule has 1 aliphatic carbocycles. The van der Waals surface area contributed by atoms with E-state index in [0.29, 0.717) is 30.0 Å². The standard InChI is InChI=1S/C34H46N6O3/c1-6-7-8-9-10-11-12-13-14-35-32(43)28-17-33(5)18-29(33)40(28)30(42)19-34(23(3)41)27-16-25(15-22(2)31(27)38-39-34)26-20-36-24(4)37-21-26/h15-16,20-21,28-29H,6-14,17-19H2,1-5H3,(H,35,43)/t28-,29+,33-,34?/m0/s1. The van der Waals surface area contributed by atoms with Gasteiger partial charge in [-0.25, -0.2) is 9.97 Å². The highest BCUT2D eigenvalue weighted by Gasteiger charge is 2.65. The van der Waals surface area contributed by atoms with Crippen LogP contribution in [0, 0.1) is 19.3 Å². The van der Waals surface area contributed by atoms with Crippen molar-refractivity contribution in [2.75, 3.05) is 6.54 Å². The Bertz CT molecular complexity index is 1410. The Balaban J connectivity index is 1.28. The normalized spacial score (nSPS) is 25.0. The number of benzene rings is 1. The topological polar surface area (TPSA) is 117 Å². The molecule has 2 aliphatic heterocycles. The Morgan fingerprint density at radius 2 is 1.63 bits per heavy atom. The van der Waals surface area contributed by atoms with Gasteiger partial charge < -0.3 is 10.2 Å². The fourth-order valence-electron chi connectivity index (χ4n) is 6.90. The number of carbonyl (C=O) groups excluding carboxylic acids is 3. The minimum absolute atomic E-state index is 0.0125. The number of carbonyl (C=O) groups is 3. The summed E-state index contributed by atoms with van der Waals surface area (Å²) in [6.45, 7) is 10.2. The van der Waals surface area contributed by atoms with Crippen LogP contribution in [-0.2, 0) is 19.9 Å². The third-order valence-electron chi connectivity index (χ3n) is 9.73. The van der Waals surface area contributed by atoms with Gasteiger partial charge in [0, 0.05) is 36.1 Å². The molecule has 0 spiro atoms. The minimum Gasteiger partial charge on any atom is -0.354 e. The summed E-state index contributed by atoms with van der Waals surface area (Å²) < 4.78 is 0. The number of aryl methyl sites for hydroxylation is 2. The molecule has 9 nitrogen and oxygen atoms in total. The summed E-state index contributed by atoms with van der Waals surface area (Å²) >= 11 is 0. The van der Waals surface area contributed by atoms with E-state index in [-0.39, 0.29) is 35.5 Å². The van der Waals surface area contributed by atoms with Crippen LogP contribution in [0.2, 0.25) is 0 Å². The molecule has 3 heterocycles. The molecule has 1 saturated heterocycles. The molecule has 1 aromatic carbocycles. The minimum atomic E-state index is -1.43. The van der Waals surface area contributed by atoms with Crippen molar-refractivity contribution in [3.05, 3.63) is 41.5 Å². The molecule has 2 aromatic rings. The van der Waals surface area contributed by atoms with Crippen molar-refractivity contribution in [1.82, 2.24) is 20.2 Å². The highest BCUT2D eigenvalue weighted by molar-refractivity contribution is 5.98. The number of aromatic nitrogens is 2. The van der Waals surface area contributed by atoms with Gasteiger partial charge in [0.15, 0.2) is 11.3 Å². The van der Waals surface area contributed by atoms with Crippen molar-refractivity contribution in [3.8, 4) is 11.1 Å². The maximum atomic E-state index is 14.1. The van der Waals surface area contributed by atoms with Crippen LogP contribution in [0.3, 0.4) is 0 Å². The van der Waals surface area contributed by atoms with E-state index in [9.17, 15) is 14.4 Å². The first-order valence-electron chi connectivity index (χ1n) is 16.1. The second kappa shape index (κ2) is 12.6. The lowest BCUT2D eigenvalue weighted by atomic mass is 9.81. The molecule has 1 N–H and O–H groups in total. The summed E-state index contributed by atoms with van der Waals surface area (Å²) in [6, 6.07) is 3.36. The molecule has 0 bridgehead atoms. The number of amides is 2. The zero-order valence-corrected chi connectivity index (χ0v) is 26.4. The van der Waals surface area contributed by atoms with Gasteiger partial charge in [-0.2, -0.15) is 10.2 Å². The summed E-state index contributed by atoms with van der Waals surface area (Å²) in [5.74, 6) is 0.118. The number of azo groups is 1. The molecule has 9 heteroatoms. The Morgan fingerprint density at radius 3 is 2.30 bits per heavy atom. The first-order chi connectivity index (χ1) is 20.6. The fraction of sp³-hybridized carbons (Fsp3) is 0.618. The van der Waals surface area contributed by atoms with E-state index in [1.165, 1.54) is 45.4 Å². The molecule has 1 saturated carbocycles. The average Bonchev–Trinajstić information content (AvgIpc) is 3.32. The van der Waals surface area contributed by atoms with Crippen LogP contribution < -0.4 is 5.32 Å². The molecule has 3 aliphatic rings. The van der Waals surface area contributed by atoms with Crippen LogP contribution >= 0.6 is 0 Å². The first-order valence-corrected chi connectivity index (χ1v) is 16.1. The molecule has 230 valence electrons. The Kier molecular flexibility index (Phi) is 9.09. The van der Waals surface area contributed by atoms with Crippen molar-refractivity contribution < 1.29 is 14.4 Å². The number of hydrogen-bond acceptors (Lipinski definition) is 7. The third kappa shape index (κ3) is 6.27. The van der Waals surface area contributed by atoms with E-state index in [1.807, 2.05) is 26.0 Å². The van der Waals surface area contributed by atoms with Crippen molar-refractivity contribution in [2.45, 2.75) is 123 Å². The van der Waals surface area contributed by atoms with E-state index < -0.39 is 11.6 Å². The number of likely N-dealkylation sites (tertiary alicyclic amines) is 1. The number of hydrogen-bond donors (Lipinski definition) is 1. The molecule has 0 radical (unpaired) electrons. The molecule has 5 rings (SSSR count). The predicted octanol–water partition coefficient (Wildman–Crippen LogP) is 6.67. The smallest absolute Gasteiger partial charge is 0.242 e. The van der Waals surface area contributed by atoms with E-state index in [4.69, 9.17) is 0 Å². The molecule has 2 amide bonds. The SMILES string of the molecule is CCCCCCCCCCNC(=O)[C@@H]1C[C@@]2(C)C[C@H]2N1C(=O)CC1(C(C)=O)N=Nc2c(C)cc(-c3cnc(C)nc3)cc21. The number of nitrogens with one attached hydrogen (secondary N) is 1. The summed E-state index contributed by atoms with van der Waals surface area (Å²) in [4.78, 5) is 51.2. The number of unbranched alkanes of at least 4 members (excludes halogenated alkanes) is 7. The maximum Gasteiger partial charge on any atom is 0.242 e. The van der Waals surface area contributed by atoms with Gasteiger partial charge in [0.25, 0.3) is 0 Å². The average molecular weight is 587 g/mol. The van der Waals surface area contributed by atoms with Gasteiger partial charge in [0.05, 0.1) is 12.1 Å². The third-order valence-corrected chi connectivity index (χ3v) is 9.73. The summed E-state index contributed by atoms with van der Waals surface area (Å²) in [7, 11) is 0. The second-order valence-corrected chi connectivity index (χ2v) is 13.2. The van der Waals surface area contributed by atoms with Crippen LogP contribution in [0.4, 0.5) is 5.69 Å². The van der Waals surface area contributed by atoms with E-state index in [1.54, 1.807) is 17.3 Å². The van der Waals surface area contributed by atoms with Gasteiger partial charge >= 0.3 is 0 Å². The number of fused-ring (bicyclic) bond motifs is 2.